The number of pyridine rings is 1. The number of rotatable bonds is 24. The van der Waals surface area contributed by atoms with Crippen LogP contribution in [0.2, 0.25) is 0 Å². The lowest BCUT2D eigenvalue weighted by Crippen LogP contribution is -2.61. The van der Waals surface area contributed by atoms with E-state index in [1.54, 1.807) is 89.7 Å². The van der Waals surface area contributed by atoms with Gasteiger partial charge in [-0.05, 0) is 161 Å². The van der Waals surface area contributed by atoms with Crippen LogP contribution in [0.3, 0.4) is 0 Å². The molecule has 2 aromatic carbocycles. The first-order valence-electron chi connectivity index (χ1n) is 47.2. The number of aliphatic hydroxyl groups excluding tert-OH is 2. The van der Waals surface area contributed by atoms with Crippen LogP contribution < -0.4 is 30.9 Å². The van der Waals surface area contributed by atoms with Crippen molar-refractivity contribution in [3.63, 3.8) is 0 Å². The first-order chi connectivity index (χ1) is 64.4. The summed E-state index contributed by atoms with van der Waals surface area (Å²) in [5, 5.41) is 41.8. The molecule has 2 bridgehead atoms. The van der Waals surface area contributed by atoms with Gasteiger partial charge in [0.15, 0.2) is 5.78 Å². The van der Waals surface area contributed by atoms with Gasteiger partial charge < -0.3 is 94.1 Å². The van der Waals surface area contributed by atoms with Crippen molar-refractivity contribution in [2.75, 3.05) is 141 Å². The number of amides is 5. The van der Waals surface area contributed by atoms with E-state index in [9.17, 15) is 53.7 Å². The number of allylic oxidation sites excluding steroid dienone is 5. The molecular formula is C99H135FN14O19S. The molecule has 3 aromatic heterocycles. The molecule has 4 saturated heterocycles. The molecule has 33 nitrogen and oxygen atoms in total. The number of ketones is 2. The highest BCUT2D eigenvalue weighted by molar-refractivity contribution is 7.99. The predicted molar refractivity (Wildman–Crippen MR) is 503 cm³/mol. The molecule has 1 saturated carbocycles. The number of nitrogen functional groups attached to an aromatic ring is 1. The Hall–Kier alpha value is -10.2. The van der Waals surface area contributed by atoms with E-state index >= 15 is 4.39 Å². The summed E-state index contributed by atoms with van der Waals surface area (Å²) in [4.78, 5) is 146. The van der Waals surface area contributed by atoms with Crippen LogP contribution in [0.15, 0.2) is 126 Å². The number of halogens is 1. The van der Waals surface area contributed by atoms with E-state index in [1.165, 1.54) is 36.2 Å². The van der Waals surface area contributed by atoms with Crippen molar-refractivity contribution in [1.29, 1.82) is 0 Å². The number of fused-ring (bicyclic) bond motifs is 4. The smallest absolute Gasteiger partial charge is 0.407 e. The van der Waals surface area contributed by atoms with E-state index in [4.69, 9.17) is 43.6 Å². The number of methoxy groups -OCH3 is 3. The minimum Gasteiger partial charge on any atom is -0.491 e. The maximum Gasteiger partial charge on any atom is 0.407 e. The highest BCUT2D eigenvalue weighted by Crippen LogP contribution is 2.40. The number of anilines is 3. The monoisotopic (exact) mass is 1870 g/mol. The molecule has 0 spiro atoms. The number of nitrogens with two attached hydrogens (primary N) is 1. The molecule has 16 atom stereocenters. The number of thioether (sulfide) groups is 1. The van der Waals surface area contributed by atoms with Crippen molar-refractivity contribution in [2.45, 2.75) is 218 Å². The van der Waals surface area contributed by atoms with Crippen LogP contribution in [0.25, 0.3) is 11.1 Å². The van der Waals surface area contributed by atoms with Gasteiger partial charge in [-0.3, -0.25) is 33.7 Å². The quantitative estimate of drug-likeness (QED) is 0.0110. The Morgan fingerprint density at radius 2 is 1.45 bits per heavy atom. The number of cyclic esters (lactones) is 1. The molecule has 1 aliphatic carbocycles. The van der Waals surface area contributed by atoms with E-state index < -0.39 is 114 Å². The molecule has 5 fully saturated rings. The van der Waals surface area contributed by atoms with Crippen molar-refractivity contribution >= 4 is 76.7 Å². The fraction of sp³-hybridized carbons (Fsp3) is 0.586. The van der Waals surface area contributed by atoms with Crippen LogP contribution in [-0.4, -0.2) is 293 Å². The fourth-order valence-electron chi connectivity index (χ4n) is 18.8. The molecule has 134 heavy (non-hydrogen) atoms. The summed E-state index contributed by atoms with van der Waals surface area (Å²) in [6.45, 7) is 21.9. The Morgan fingerprint density at radius 1 is 0.724 bits per heavy atom. The first-order valence-corrected chi connectivity index (χ1v) is 48.2. The molecule has 35 heteroatoms. The average molecular weight is 1880 g/mol. The van der Waals surface area contributed by atoms with Gasteiger partial charge in [-0.15, -0.1) is 11.8 Å². The Labute approximate surface area is 789 Å². The van der Waals surface area contributed by atoms with E-state index in [0.717, 1.165) is 35.4 Å². The highest BCUT2D eigenvalue weighted by atomic mass is 32.2. The molecule has 7 aliphatic rings. The van der Waals surface area contributed by atoms with Crippen LogP contribution in [0, 0.1) is 48.2 Å². The largest absolute Gasteiger partial charge is 0.491 e. The number of carbonyl (C=O) groups is 8. The Bertz CT molecular complexity index is 4940. The number of esters is 1. The maximum absolute atomic E-state index is 15.9. The lowest BCUT2D eigenvalue weighted by atomic mass is 9.78. The number of alkyl carbamates (subject to hydrolysis) is 1. The van der Waals surface area contributed by atoms with Gasteiger partial charge in [-0.2, -0.15) is 0 Å². The molecule has 5 aromatic rings. The normalized spacial score (nSPS) is 28.1. The Balaban J connectivity index is 0.546. The number of carbonyl (C=O) groups excluding carboxylic acids is 8. The van der Waals surface area contributed by atoms with Gasteiger partial charge in [0.2, 0.25) is 23.6 Å². The third-order valence-corrected chi connectivity index (χ3v) is 28.2. The zero-order valence-electron chi connectivity index (χ0n) is 79.1. The van der Waals surface area contributed by atoms with E-state index in [1.807, 2.05) is 92.1 Å². The van der Waals surface area contributed by atoms with Crippen LogP contribution in [-0.2, 0) is 70.2 Å². The number of ether oxygens (including phenoxy) is 8. The Morgan fingerprint density at radius 3 is 2.16 bits per heavy atom. The van der Waals surface area contributed by atoms with E-state index in [-0.39, 0.29) is 112 Å². The number of hydrogen-bond donors (Lipinski definition) is 6. The van der Waals surface area contributed by atoms with Gasteiger partial charge in [-0.25, -0.2) is 38.9 Å². The molecule has 9 heterocycles. The summed E-state index contributed by atoms with van der Waals surface area (Å²) in [6, 6.07) is 11.5. The Kier molecular flexibility index (Phi) is 37.6. The van der Waals surface area contributed by atoms with Gasteiger partial charge in [0, 0.05) is 201 Å². The number of hydrogen-bond acceptors (Lipinski definition) is 29. The summed E-state index contributed by atoms with van der Waals surface area (Å²) >= 11 is 1.24. The van der Waals surface area contributed by atoms with Crippen molar-refractivity contribution in [1.82, 2.24) is 55.2 Å². The SMILES string of the molecule is CO[C@H]1C[C@@H]2CC[C@@H](C)[C@@](O)(O2)C(=O)C(=O)N2CCCC[C@H]2C(=O)OC([C@H](C)C[C@@H]2CC[C@@H](OC(=O)NCc3cnc(N4CCN(C(=O)CCOCCN5CCN(c6ncc(C(=O)NCCSc7ccc(C(=O)N8CCOc9ccc(-c%10ccc(N)nc%10)cc9C8)c(C)c7F)cn6)CC5)CC4)nc3)[C@H](OC)C2)C[C@@H](O)[C@H](C)/C=C(\C)[C@@H](O)[C@@H](OC)C(=O)[C@H](C)C[C@H](C)/C=C/C=C/C=C/1C. The zero-order chi connectivity index (χ0) is 95.9. The minimum atomic E-state index is -2.48. The number of nitrogens with zero attached hydrogens (tertiary/aromatic N) is 11. The minimum absolute atomic E-state index is 0.000184. The molecule has 7 N–H and O–H groups in total. The molecule has 6 aliphatic heterocycles. The van der Waals surface area contributed by atoms with Crippen LogP contribution in [0.4, 0.5) is 26.9 Å². The van der Waals surface area contributed by atoms with Gasteiger partial charge >= 0.3 is 12.1 Å². The van der Waals surface area contributed by atoms with Gasteiger partial charge in [0.05, 0.1) is 56.2 Å². The lowest BCUT2D eigenvalue weighted by molar-refractivity contribution is -0.265. The van der Waals surface area contributed by atoms with E-state index in [2.05, 4.69) is 45.4 Å². The third kappa shape index (κ3) is 27.2. The number of aromatic nitrogens is 5. The second-order valence-corrected chi connectivity index (χ2v) is 37.9. The van der Waals surface area contributed by atoms with Gasteiger partial charge in [0.25, 0.3) is 23.5 Å². The van der Waals surface area contributed by atoms with Crippen molar-refractivity contribution in [2.24, 2.45) is 35.5 Å². The third-order valence-electron chi connectivity index (χ3n) is 27.2. The highest BCUT2D eigenvalue weighted by Gasteiger charge is 2.53. The number of piperazine rings is 2. The standard InChI is InChI=1S/C99H135FN14O19S/c1-61-17-13-12-14-18-62(2)81(126-9)52-75-24-20-67(7)99(125,133-75)91(119)94(122)114-32-16-15-19-77(114)95(123)131-82(53-78(115)63(3)48-66(6)89(118)90(128-11)88(117)65(5)47-61)64(4)49-69-21-26-80(83(50-69)127-10)132-98(124)108-56-70-54-104-96(105-55-70)112-39-37-110(38-40-112)86(116)30-43-129-44-41-109-33-35-111(36-34-109)97-106-58-74(59-107-97)92(120)102-31-46-134-84-28-25-76(68(8)87(84)100)93(121)113-42-45-130-79-27-22-71(51-73(79)60-113)72-23-29-85(101)103-57-72/h12-14,17-18,22-23,25,27-29,48,51,54-55,57-59,61,63-65,67,69,75,77-78,80-83,89-90,115,118,125H,15-16,19-21,24,26,30-47,49-50,52-53,56,60H2,1-11H3,(H2,101,103)(H,102,120)(H,108,124)/b14-12+,17-13+,62-18+,66-48+/t61-,63-,64-,65-,67-,69+,75+,77+,78-,80-,81+,82?,83-,89-,90+,99-/m1/s1. The fourth-order valence-corrected chi connectivity index (χ4v) is 19.7. The van der Waals surface area contributed by atoms with Crippen molar-refractivity contribution in [3.05, 3.63) is 155 Å². The predicted octanol–water partition coefficient (Wildman–Crippen LogP) is 10.0. The first kappa shape index (κ1) is 103. The molecule has 1 unspecified atom stereocenters. The number of piperidine rings is 1. The van der Waals surface area contributed by atoms with Crippen LogP contribution in [0.1, 0.15) is 169 Å². The second kappa shape index (κ2) is 49.0. The average Bonchev–Trinajstić information content (AvgIpc) is 0.861. The maximum atomic E-state index is 15.9. The van der Waals surface area contributed by atoms with Crippen molar-refractivity contribution < 1.29 is 96.0 Å². The molecule has 12 rings (SSSR count). The summed E-state index contributed by atoms with van der Waals surface area (Å²) in [5.74, 6) is -6.70. The number of benzene rings is 2. The summed E-state index contributed by atoms with van der Waals surface area (Å²) in [6.07, 6.45) is 16.8. The number of Topliss-reactive ketones (excluding diaryl/α,β-unsaturated/α-hetero) is 2. The van der Waals surface area contributed by atoms with Gasteiger partial charge in [-0.1, -0.05) is 77.1 Å². The lowest BCUT2D eigenvalue weighted by Gasteiger charge is -2.43. The molecular weight excluding hydrogens is 1740 g/mol. The van der Waals surface area contributed by atoms with E-state index in [0.29, 0.717) is 168 Å². The topological polar surface area (TPSA) is 405 Å². The number of nitrogens with one attached hydrogen (secondary N) is 2. The zero-order valence-corrected chi connectivity index (χ0v) is 79.9. The molecule has 5 amide bonds. The second-order valence-electron chi connectivity index (χ2n) is 36.8. The van der Waals surface area contributed by atoms with Crippen LogP contribution >= 0.6 is 11.8 Å². The summed E-state index contributed by atoms with van der Waals surface area (Å²) in [7, 11) is 4.51. The summed E-state index contributed by atoms with van der Waals surface area (Å²) in [5.41, 5.74) is 11.1. The molecule has 0 radical (unpaired) electrons. The summed E-state index contributed by atoms with van der Waals surface area (Å²) < 4.78 is 64.1. The van der Waals surface area contributed by atoms with Crippen molar-refractivity contribution in [3.8, 4) is 16.9 Å². The number of aliphatic hydroxyl groups is 3. The molecule has 728 valence electrons. The van der Waals surface area contributed by atoms with Crippen LogP contribution in [0.5, 0.6) is 5.75 Å². The van der Waals surface area contributed by atoms with Gasteiger partial charge in [0.1, 0.15) is 54.4 Å².